The van der Waals surface area contributed by atoms with E-state index in [-0.39, 0.29) is 18.6 Å². The van der Waals surface area contributed by atoms with Gasteiger partial charge in [0, 0.05) is 11.7 Å². The molecule has 2 aromatic rings. The standard InChI is InChI=1S/C20H26N2O3/c1-4-16(21)11-15-9-10-18(19(12-15)24-3)25-13-20(23)22-17-8-6-5-7-14(17)2/h5-10,12,16H,4,11,13,21H2,1-3H3,(H,22,23). The molecule has 0 aromatic heterocycles. The number of aryl methyl sites for hydroxylation is 1. The van der Waals surface area contributed by atoms with Crippen molar-refractivity contribution in [3.8, 4) is 11.5 Å². The van der Waals surface area contributed by atoms with Crippen molar-refractivity contribution in [1.29, 1.82) is 0 Å². The average Bonchev–Trinajstić information content (AvgIpc) is 2.62. The van der Waals surface area contributed by atoms with Crippen LogP contribution in [0.4, 0.5) is 5.69 Å². The highest BCUT2D eigenvalue weighted by Crippen LogP contribution is 2.28. The summed E-state index contributed by atoms with van der Waals surface area (Å²) in [5, 5.41) is 2.84. The van der Waals surface area contributed by atoms with Crippen molar-refractivity contribution in [2.24, 2.45) is 5.73 Å². The highest BCUT2D eigenvalue weighted by atomic mass is 16.5. The van der Waals surface area contributed by atoms with Gasteiger partial charge in [0.1, 0.15) is 0 Å². The number of benzene rings is 2. The summed E-state index contributed by atoms with van der Waals surface area (Å²) < 4.78 is 11.0. The molecule has 134 valence electrons. The Hall–Kier alpha value is -2.53. The molecule has 1 amide bonds. The largest absolute Gasteiger partial charge is 0.493 e. The molecule has 0 aliphatic carbocycles. The molecule has 2 aromatic carbocycles. The summed E-state index contributed by atoms with van der Waals surface area (Å²) in [6, 6.07) is 13.4. The van der Waals surface area contributed by atoms with E-state index in [0.29, 0.717) is 11.5 Å². The van der Waals surface area contributed by atoms with Crippen LogP contribution in [-0.4, -0.2) is 25.7 Å². The van der Waals surface area contributed by atoms with Crippen LogP contribution in [0.3, 0.4) is 0 Å². The summed E-state index contributed by atoms with van der Waals surface area (Å²) in [7, 11) is 1.58. The molecule has 1 atom stereocenters. The van der Waals surface area contributed by atoms with Gasteiger partial charge in [-0.05, 0) is 49.1 Å². The number of rotatable bonds is 8. The van der Waals surface area contributed by atoms with E-state index in [1.165, 1.54) is 0 Å². The lowest BCUT2D eigenvalue weighted by molar-refractivity contribution is -0.118. The third-order valence-corrected chi connectivity index (χ3v) is 4.03. The van der Waals surface area contributed by atoms with E-state index in [4.69, 9.17) is 15.2 Å². The van der Waals surface area contributed by atoms with Gasteiger partial charge in [0.25, 0.3) is 5.91 Å². The molecule has 0 spiro atoms. The molecular formula is C20H26N2O3. The van der Waals surface area contributed by atoms with E-state index in [1.54, 1.807) is 7.11 Å². The van der Waals surface area contributed by atoms with Crippen LogP contribution in [0.15, 0.2) is 42.5 Å². The molecule has 1 unspecified atom stereocenters. The van der Waals surface area contributed by atoms with Gasteiger partial charge >= 0.3 is 0 Å². The smallest absolute Gasteiger partial charge is 0.262 e. The number of amides is 1. The molecule has 0 aliphatic heterocycles. The molecule has 3 N–H and O–H groups in total. The zero-order valence-corrected chi connectivity index (χ0v) is 15.0. The van der Waals surface area contributed by atoms with Crippen molar-refractivity contribution in [2.45, 2.75) is 32.7 Å². The molecule has 5 heteroatoms. The van der Waals surface area contributed by atoms with E-state index < -0.39 is 0 Å². The maximum Gasteiger partial charge on any atom is 0.262 e. The van der Waals surface area contributed by atoms with Gasteiger partial charge in [-0.2, -0.15) is 0 Å². The molecule has 2 rings (SSSR count). The maximum absolute atomic E-state index is 12.1. The van der Waals surface area contributed by atoms with Crippen molar-refractivity contribution in [3.05, 3.63) is 53.6 Å². The molecule has 0 heterocycles. The van der Waals surface area contributed by atoms with E-state index in [1.807, 2.05) is 49.4 Å². The topological polar surface area (TPSA) is 73.6 Å². The normalized spacial score (nSPS) is 11.7. The summed E-state index contributed by atoms with van der Waals surface area (Å²) in [5.74, 6) is 0.925. The number of carbonyl (C=O) groups is 1. The fourth-order valence-electron chi connectivity index (χ4n) is 2.45. The SMILES string of the molecule is CCC(N)Cc1ccc(OCC(=O)Nc2ccccc2C)c(OC)c1. The van der Waals surface area contributed by atoms with Crippen LogP contribution in [0.25, 0.3) is 0 Å². The first-order valence-corrected chi connectivity index (χ1v) is 8.44. The van der Waals surface area contributed by atoms with Gasteiger partial charge in [-0.15, -0.1) is 0 Å². The Morgan fingerprint density at radius 3 is 2.64 bits per heavy atom. The van der Waals surface area contributed by atoms with Crippen LogP contribution in [0.2, 0.25) is 0 Å². The average molecular weight is 342 g/mol. The second-order valence-corrected chi connectivity index (χ2v) is 6.01. The summed E-state index contributed by atoms with van der Waals surface area (Å²) in [6.45, 7) is 3.92. The van der Waals surface area contributed by atoms with Gasteiger partial charge in [0.05, 0.1) is 7.11 Å². The Balaban J connectivity index is 1.97. The number of anilines is 1. The number of carbonyl (C=O) groups excluding carboxylic acids is 1. The monoisotopic (exact) mass is 342 g/mol. The predicted octanol–water partition coefficient (Wildman–Crippen LogP) is 3.30. The molecule has 0 radical (unpaired) electrons. The number of hydrogen-bond acceptors (Lipinski definition) is 4. The Bertz CT molecular complexity index is 716. The van der Waals surface area contributed by atoms with Crippen LogP contribution in [0.5, 0.6) is 11.5 Å². The Morgan fingerprint density at radius 1 is 1.20 bits per heavy atom. The number of nitrogens with two attached hydrogens (primary N) is 1. The van der Waals surface area contributed by atoms with Crippen molar-refractivity contribution >= 4 is 11.6 Å². The quantitative estimate of drug-likeness (QED) is 0.772. The van der Waals surface area contributed by atoms with Crippen molar-refractivity contribution in [1.82, 2.24) is 0 Å². The van der Waals surface area contributed by atoms with Crippen LogP contribution < -0.4 is 20.5 Å². The van der Waals surface area contributed by atoms with Gasteiger partial charge in [-0.25, -0.2) is 0 Å². The first kappa shape index (κ1) is 18.8. The Kier molecular flexibility index (Phi) is 6.83. The lowest BCUT2D eigenvalue weighted by atomic mass is 10.0. The molecule has 0 saturated heterocycles. The number of nitrogens with one attached hydrogen (secondary N) is 1. The summed E-state index contributed by atoms with van der Waals surface area (Å²) in [6.07, 6.45) is 1.69. The van der Waals surface area contributed by atoms with E-state index in [9.17, 15) is 4.79 Å². The van der Waals surface area contributed by atoms with E-state index >= 15 is 0 Å². The minimum Gasteiger partial charge on any atom is -0.493 e. The molecule has 25 heavy (non-hydrogen) atoms. The molecule has 0 saturated carbocycles. The number of hydrogen-bond donors (Lipinski definition) is 2. The summed E-state index contributed by atoms with van der Waals surface area (Å²) in [4.78, 5) is 12.1. The Labute approximate surface area is 149 Å². The highest BCUT2D eigenvalue weighted by Gasteiger charge is 2.11. The minimum atomic E-state index is -0.214. The third-order valence-electron chi connectivity index (χ3n) is 4.03. The molecule has 0 fully saturated rings. The second kappa shape index (κ2) is 9.08. The first-order chi connectivity index (χ1) is 12.0. The first-order valence-electron chi connectivity index (χ1n) is 8.44. The fraction of sp³-hybridized carbons (Fsp3) is 0.350. The highest BCUT2D eigenvalue weighted by molar-refractivity contribution is 5.92. The van der Waals surface area contributed by atoms with Gasteiger partial charge in [0.2, 0.25) is 0 Å². The van der Waals surface area contributed by atoms with Gasteiger partial charge < -0.3 is 20.5 Å². The number of methoxy groups -OCH3 is 1. The van der Waals surface area contributed by atoms with Gasteiger partial charge in [0.15, 0.2) is 18.1 Å². The van der Waals surface area contributed by atoms with Crippen LogP contribution in [0.1, 0.15) is 24.5 Å². The van der Waals surface area contributed by atoms with Crippen LogP contribution >= 0.6 is 0 Å². The second-order valence-electron chi connectivity index (χ2n) is 6.01. The van der Waals surface area contributed by atoms with Gasteiger partial charge in [-0.1, -0.05) is 31.2 Å². The predicted molar refractivity (Wildman–Crippen MR) is 100 cm³/mol. The third kappa shape index (κ3) is 5.50. The maximum atomic E-state index is 12.1. The summed E-state index contributed by atoms with van der Waals surface area (Å²) >= 11 is 0. The number of ether oxygens (including phenoxy) is 2. The van der Waals surface area contributed by atoms with Crippen molar-refractivity contribution in [2.75, 3.05) is 19.0 Å². The number of para-hydroxylation sites is 1. The fourth-order valence-corrected chi connectivity index (χ4v) is 2.45. The van der Waals surface area contributed by atoms with E-state index in [0.717, 1.165) is 29.7 Å². The zero-order valence-electron chi connectivity index (χ0n) is 15.0. The lowest BCUT2D eigenvalue weighted by Gasteiger charge is -2.14. The Morgan fingerprint density at radius 2 is 1.96 bits per heavy atom. The summed E-state index contributed by atoms with van der Waals surface area (Å²) in [5.41, 5.74) is 8.87. The molecule has 0 bridgehead atoms. The zero-order chi connectivity index (χ0) is 18.2. The lowest BCUT2D eigenvalue weighted by Crippen LogP contribution is -2.22. The molecule has 0 aliphatic rings. The molecular weight excluding hydrogens is 316 g/mol. The van der Waals surface area contributed by atoms with Gasteiger partial charge in [-0.3, -0.25) is 4.79 Å². The van der Waals surface area contributed by atoms with Crippen LogP contribution in [0, 0.1) is 6.92 Å². The van der Waals surface area contributed by atoms with E-state index in [2.05, 4.69) is 12.2 Å². The van der Waals surface area contributed by atoms with Crippen LogP contribution in [-0.2, 0) is 11.2 Å². The molecule has 5 nitrogen and oxygen atoms in total. The van der Waals surface area contributed by atoms with Crippen molar-refractivity contribution in [3.63, 3.8) is 0 Å². The minimum absolute atomic E-state index is 0.0848. The van der Waals surface area contributed by atoms with Crippen molar-refractivity contribution < 1.29 is 14.3 Å².